The van der Waals surface area contributed by atoms with E-state index in [9.17, 15) is 4.79 Å². The van der Waals surface area contributed by atoms with Gasteiger partial charge in [-0.25, -0.2) is 0 Å². The lowest BCUT2D eigenvalue weighted by Crippen LogP contribution is -2.17. The minimum atomic E-state index is -0.362. The van der Waals surface area contributed by atoms with Gasteiger partial charge in [0.05, 0.1) is 12.8 Å². The molecule has 0 atom stereocenters. The van der Waals surface area contributed by atoms with Crippen molar-refractivity contribution in [3.63, 3.8) is 0 Å². The van der Waals surface area contributed by atoms with Gasteiger partial charge in [0, 0.05) is 16.8 Å². The van der Waals surface area contributed by atoms with Crippen molar-refractivity contribution in [2.24, 2.45) is 0 Å². The van der Waals surface area contributed by atoms with Gasteiger partial charge in [-0.15, -0.1) is 0 Å². The summed E-state index contributed by atoms with van der Waals surface area (Å²) in [5.74, 6) is 0.345. The van der Waals surface area contributed by atoms with Crippen LogP contribution in [0.1, 0.15) is 22.3 Å². The Bertz CT molecular complexity index is 1000. The van der Waals surface area contributed by atoms with Crippen LogP contribution in [0.3, 0.4) is 0 Å². The summed E-state index contributed by atoms with van der Waals surface area (Å²) in [5.41, 5.74) is 4.62. The number of nitrogens with one attached hydrogen (secondary N) is 2. The van der Waals surface area contributed by atoms with Crippen LogP contribution in [0.2, 0.25) is 0 Å². The highest BCUT2D eigenvalue weighted by molar-refractivity contribution is 6.15. The summed E-state index contributed by atoms with van der Waals surface area (Å²) in [5, 5.41) is 11.8. The Labute approximate surface area is 170 Å². The summed E-state index contributed by atoms with van der Waals surface area (Å²) in [6.07, 6.45) is 0. The van der Waals surface area contributed by atoms with Gasteiger partial charge >= 0.3 is 5.97 Å². The van der Waals surface area contributed by atoms with Crippen molar-refractivity contribution in [3.05, 3.63) is 95.1 Å². The number of esters is 1. The van der Waals surface area contributed by atoms with Crippen LogP contribution in [0, 0.1) is 12.3 Å². The Morgan fingerprint density at radius 3 is 2.45 bits per heavy atom. The Morgan fingerprint density at radius 1 is 0.966 bits per heavy atom. The monoisotopic (exact) mass is 388 g/mol. The molecule has 0 saturated carbocycles. The molecule has 5 nitrogen and oxygen atoms in total. The van der Waals surface area contributed by atoms with Crippen molar-refractivity contribution in [2.45, 2.75) is 13.5 Å². The molecule has 0 radical (unpaired) electrons. The number of hydrogen-bond donors (Lipinski definition) is 2. The van der Waals surface area contributed by atoms with E-state index in [1.165, 1.54) is 7.11 Å². The third-order valence-electron chi connectivity index (χ3n) is 4.57. The first kappa shape index (κ1) is 20.1. The largest absolute Gasteiger partial charge is 0.489 e. The van der Waals surface area contributed by atoms with Gasteiger partial charge in [0.15, 0.2) is 0 Å². The quantitative estimate of drug-likeness (QED) is 0.438. The first-order valence-corrected chi connectivity index (χ1v) is 9.35. The van der Waals surface area contributed by atoms with Crippen LogP contribution in [0.25, 0.3) is 0 Å². The van der Waals surface area contributed by atoms with Crippen LogP contribution in [-0.4, -0.2) is 25.3 Å². The molecule has 3 aromatic carbocycles. The molecule has 0 fully saturated rings. The predicted octanol–water partition coefficient (Wildman–Crippen LogP) is 4.58. The van der Waals surface area contributed by atoms with E-state index in [4.69, 9.17) is 10.1 Å². The van der Waals surface area contributed by atoms with Crippen molar-refractivity contribution in [3.8, 4) is 5.75 Å². The molecule has 0 bridgehead atoms. The van der Waals surface area contributed by atoms with E-state index in [0.29, 0.717) is 29.3 Å². The highest BCUT2D eigenvalue weighted by Crippen LogP contribution is 2.25. The Hall–Kier alpha value is -3.60. The van der Waals surface area contributed by atoms with Crippen LogP contribution in [0.5, 0.6) is 5.75 Å². The molecule has 2 N–H and O–H groups in total. The zero-order chi connectivity index (χ0) is 20.6. The maximum absolute atomic E-state index is 11.5. The number of para-hydroxylation sites is 1. The summed E-state index contributed by atoms with van der Waals surface area (Å²) in [7, 11) is 1.35. The second kappa shape index (κ2) is 9.55. The fraction of sp³-hybridized carbons (Fsp3) is 0.167. The number of ether oxygens (including phenoxy) is 2. The topological polar surface area (TPSA) is 71.4 Å². The number of hydrogen-bond acceptors (Lipinski definition) is 5. The summed E-state index contributed by atoms with van der Waals surface area (Å²) in [4.78, 5) is 11.5. The third kappa shape index (κ3) is 5.23. The van der Waals surface area contributed by atoms with E-state index in [-0.39, 0.29) is 12.5 Å². The second-order valence-corrected chi connectivity index (χ2v) is 6.60. The van der Waals surface area contributed by atoms with Gasteiger partial charge in [-0.3, -0.25) is 10.2 Å². The molecule has 5 heteroatoms. The van der Waals surface area contributed by atoms with Crippen molar-refractivity contribution < 1.29 is 14.3 Å². The number of methoxy groups -OCH3 is 1. The predicted molar refractivity (Wildman–Crippen MR) is 115 cm³/mol. The van der Waals surface area contributed by atoms with E-state index in [2.05, 4.69) is 10.1 Å². The maximum Gasteiger partial charge on any atom is 0.325 e. The Kier molecular flexibility index (Phi) is 6.63. The zero-order valence-electron chi connectivity index (χ0n) is 16.6. The molecule has 0 unspecified atom stereocenters. The Balaban J connectivity index is 1.81. The molecule has 0 aromatic heterocycles. The SMILES string of the molecule is COC(=O)CNc1ccccc1C(=N)c1cc(OCc2ccccc2)ccc1C. The van der Waals surface area contributed by atoms with Gasteiger partial charge in [-0.2, -0.15) is 0 Å². The van der Waals surface area contributed by atoms with Crippen molar-refractivity contribution in [1.82, 2.24) is 0 Å². The summed E-state index contributed by atoms with van der Waals surface area (Å²) >= 11 is 0. The summed E-state index contributed by atoms with van der Waals surface area (Å²) < 4.78 is 10.6. The lowest BCUT2D eigenvalue weighted by atomic mass is 9.96. The summed E-state index contributed by atoms with van der Waals surface area (Å²) in [6.45, 7) is 2.48. The fourth-order valence-electron chi connectivity index (χ4n) is 2.94. The van der Waals surface area contributed by atoms with Crippen molar-refractivity contribution in [1.29, 1.82) is 5.41 Å². The van der Waals surface area contributed by atoms with Crippen LogP contribution in [0.4, 0.5) is 5.69 Å². The number of carbonyl (C=O) groups is 1. The first-order valence-electron chi connectivity index (χ1n) is 9.35. The number of benzene rings is 3. The van der Waals surface area contributed by atoms with Gasteiger partial charge < -0.3 is 14.8 Å². The molecular formula is C24H24N2O3. The highest BCUT2D eigenvalue weighted by atomic mass is 16.5. The normalized spacial score (nSPS) is 10.3. The summed E-state index contributed by atoms with van der Waals surface area (Å²) in [6, 6.07) is 23.2. The second-order valence-electron chi connectivity index (χ2n) is 6.60. The third-order valence-corrected chi connectivity index (χ3v) is 4.57. The van der Waals surface area contributed by atoms with E-state index < -0.39 is 0 Å². The molecule has 0 spiro atoms. The lowest BCUT2D eigenvalue weighted by Gasteiger charge is -2.15. The smallest absolute Gasteiger partial charge is 0.325 e. The molecule has 0 aliphatic heterocycles. The first-order chi connectivity index (χ1) is 14.1. The average Bonchev–Trinajstić information content (AvgIpc) is 2.77. The number of aryl methyl sites for hydroxylation is 1. The average molecular weight is 388 g/mol. The molecule has 0 heterocycles. The molecule has 3 rings (SSSR count). The fourth-order valence-corrected chi connectivity index (χ4v) is 2.94. The van der Waals surface area contributed by atoms with Crippen molar-refractivity contribution >= 4 is 17.4 Å². The van der Waals surface area contributed by atoms with E-state index in [0.717, 1.165) is 16.7 Å². The van der Waals surface area contributed by atoms with Crippen LogP contribution in [-0.2, 0) is 16.1 Å². The van der Waals surface area contributed by atoms with E-state index >= 15 is 0 Å². The van der Waals surface area contributed by atoms with E-state index in [1.54, 1.807) is 0 Å². The van der Waals surface area contributed by atoms with Gasteiger partial charge in [-0.1, -0.05) is 54.6 Å². The van der Waals surface area contributed by atoms with Crippen LogP contribution >= 0.6 is 0 Å². The highest BCUT2D eigenvalue weighted by Gasteiger charge is 2.14. The maximum atomic E-state index is 11.5. The molecule has 0 amide bonds. The standard InChI is InChI=1S/C24H24N2O3/c1-17-12-13-19(29-16-18-8-4-3-5-9-18)14-21(17)24(25)20-10-6-7-11-22(20)26-15-23(27)28-2/h3-14,25-26H,15-16H2,1-2H3. The zero-order valence-corrected chi connectivity index (χ0v) is 16.6. The van der Waals surface area contributed by atoms with Gasteiger partial charge in [-0.05, 0) is 36.2 Å². The molecule has 148 valence electrons. The van der Waals surface area contributed by atoms with Gasteiger partial charge in [0.2, 0.25) is 0 Å². The minimum Gasteiger partial charge on any atom is -0.489 e. The molecule has 0 aliphatic rings. The van der Waals surface area contributed by atoms with Gasteiger partial charge in [0.25, 0.3) is 0 Å². The number of anilines is 1. The molecular weight excluding hydrogens is 364 g/mol. The molecule has 29 heavy (non-hydrogen) atoms. The molecule has 0 aliphatic carbocycles. The number of rotatable bonds is 8. The molecule has 3 aromatic rings. The van der Waals surface area contributed by atoms with Crippen LogP contribution < -0.4 is 10.1 Å². The molecule has 0 saturated heterocycles. The number of carbonyl (C=O) groups excluding carboxylic acids is 1. The minimum absolute atomic E-state index is 0.0417. The van der Waals surface area contributed by atoms with Crippen molar-refractivity contribution in [2.75, 3.05) is 19.0 Å². The Morgan fingerprint density at radius 2 is 1.69 bits per heavy atom. The van der Waals surface area contributed by atoms with Crippen LogP contribution in [0.15, 0.2) is 72.8 Å². The van der Waals surface area contributed by atoms with E-state index in [1.807, 2.05) is 79.7 Å². The van der Waals surface area contributed by atoms with Gasteiger partial charge in [0.1, 0.15) is 18.9 Å². The lowest BCUT2D eigenvalue weighted by molar-refractivity contribution is -0.138.